The number of aliphatic hydroxyl groups is 1. The van der Waals surface area contributed by atoms with Gasteiger partial charge >= 0.3 is 0 Å². The molecule has 4 atom stereocenters. The van der Waals surface area contributed by atoms with Crippen LogP contribution in [0.5, 0.6) is 0 Å². The van der Waals surface area contributed by atoms with Crippen LogP contribution in [0.3, 0.4) is 0 Å². The lowest BCUT2D eigenvalue weighted by molar-refractivity contribution is 0.0861. The molecule has 2 saturated carbocycles. The number of fused-ring (bicyclic) bond motifs is 2. The maximum Gasteiger partial charge on any atom is 0.251 e. The number of hydrogen-bond acceptors (Lipinski definition) is 4. The van der Waals surface area contributed by atoms with Crippen LogP contribution in [0.2, 0.25) is 5.15 Å². The summed E-state index contributed by atoms with van der Waals surface area (Å²) in [5, 5.41) is 13.2. The van der Waals surface area contributed by atoms with Crippen molar-refractivity contribution in [2.75, 3.05) is 24.6 Å². The Labute approximate surface area is 147 Å². The number of pyridine rings is 1. The Kier molecular flexibility index (Phi) is 4.39. The second-order valence-electron chi connectivity index (χ2n) is 7.41. The van der Waals surface area contributed by atoms with E-state index in [1.807, 2.05) is 6.07 Å². The van der Waals surface area contributed by atoms with E-state index in [-0.39, 0.29) is 24.5 Å². The maximum absolute atomic E-state index is 12.8. The van der Waals surface area contributed by atoms with Crippen LogP contribution in [0.4, 0.5) is 5.82 Å². The number of carbonyl (C=O) groups is 1. The molecular formula is C18H24ClN3O2. The molecule has 130 valence electrons. The molecular weight excluding hydrogens is 326 g/mol. The second-order valence-corrected chi connectivity index (χ2v) is 7.80. The first-order chi connectivity index (χ1) is 11.7. The summed E-state index contributed by atoms with van der Waals surface area (Å²) in [6.45, 7) is 2.09. The second kappa shape index (κ2) is 6.52. The standard InChI is InChI=1S/C18H24ClN3O2/c19-15-8-13(9-16(20-15)22-5-1-2-6-22)18(24)21-17-12-4-3-11(7-12)14(17)10-23/h8-9,11-12,14,17,23H,1-7,10H2,(H,21,24). The number of nitrogens with zero attached hydrogens (tertiary/aromatic N) is 2. The molecule has 6 heteroatoms. The van der Waals surface area contributed by atoms with E-state index in [1.54, 1.807) is 6.07 Å². The van der Waals surface area contributed by atoms with E-state index in [2.05, 4.69) is 15.2 Å². The smallest absolute Gasteiger partial charge is 0.251 e. The Hall–Kier alpha value is -1.33. The molecule has 2 bridgehead atoms. The number of aromatic nitrogens is 1. The zero-order valence-electron chi connectivity index (χ0n) is 13.7. The van der Waals surface area contributed by atoms with Crippen molar-refractivity contribution in [1.82, 2.24) is 10.3 Å². The van der Waals surface area contributed by atoms with Gasteiger partial charge in [-0.1, -0.05) is 11.6 Å². The van der Waals surface area contributed by atoms with Gasteiger partial charge in [0.2, 0.25) is 0 Å². The van der Waals surface area contributed by atoms with E-state index >= 15 is 0 Å². The van der Waals surface area contributed by atoms with E-state index in [0.717, 1.165) is 44.6 Å². The first-order valence-corrected chi connectivity index (χ1v) is 9.38. The minimum Gasteiger partial charge on any atom is -0.396 e. The van der Waals surface area contributed by atoms with Crippen LogP contribution < -0.4 is 10.2 Å². The Morgan fingerprint density at radius 1 is 1.29 bits per heavy atom. The van der Waals surface area contributed by atoms with E-state index in [0.29, 0.717) is 22.6 Å². The molecule has 1 saturated heterocycles. The van der Waals surface area contributed by atoms with Crippen molar-refractivity contribution in [1.29, 1.82) is 0 Å². The molecule has 4 rings (SSSR count). The first kappa shape index (κ1) is 16.2. The highest BCUT2D eigenvalue weighted by Gasteiger charge is 2.47. The van der Waals surface area contributed by atoms with Crippen molar-refractivity contribution < 1.29 is 9.90 Å². The Bertz CT molecular complexity index is 633. The van der Waals surface area contributed by atoms with Crippen molar-refractivity contribution in [2.45, 2.75) is 38.1 Å². The van der Waals surface area contributed by atoms with E-state index in [9.17, 15) is 9.90 Å². The van der Waals surface area contributed by atoms with E-state index in [1.165, 1.54) is 6.42 Å². The average molecular weight is 350 g/mol. The van der Waals surface area contributed by atoms with Crippen molar-refractivity contribution in [3.63, 3.8) is 0 Å². The van der Waals surface area contributed by atoms with Gasteiger partial charge in [0.25, 0.3) is 5.91 Å². The van der Waals surface area contributed by atoms with Gasteiger partial charge in [0.1, 0.15) is 11.0 Å². The summed E-state index contributed by atoms with van der Waals surface area (Å²) in [6.07, 6.45) is 5.77. The van der Waals surface area contributed by atoms with Gasteiger partial charge in [-0.3, -0.25) is 4.79 Å². The number of amides is 1. The molecule has 0 aromatic carbocycles. The summed E-state index contributed by atoms with van der Waals surface area (Å²) in [5.74, 6) is 1.95. The molecule has 2 heterocycles. The molecule has 1 aromatic rings. The lowest BCUT2D eigenvalue weighted by atomic mass is 9.85. The predicted octanol–water partition coefficient (Wildman–Crippen LogP) is 2.47. The first-order valence-electron chi connectivity index (χ1n) is 9.00. The Morgan fingerprint density at radius 2 is 2.04 bits per heavy atom. The van der Waals surface area contributed by atoms with Gasteiger partial charge in [-0.25, -0.2) is 4.98 Å². The average Bonchev–Trinajstić information content (AvgIpc) is 3.31. The van der Waals surface area contributed by atoms with Crippen molar-refractivity contribution in [3.05, 3.63) is 22.8 Å². The highest BCUT2D eigenvalue weighted by Crippen LogP contribution is 2.48. The Balaban J connectivity index is 1.52. The van der Waals surface area contributed by atoms with Gasteiger partial charge in [-0.15, -0.1) is 0 Å². The van der Waals surface area contributed by atoms with Crippen LogP contribution in [0.15, 0.2) is 12.1 Å². The molecule has 24 heavy (non-hydrogen) atoms. The lowest BCUT2D eigenvalue weighted by Crippen LogP contribution is -2.45. The maximum atomic E-state index is 12.8. The largest absolute Gasteiger partial charge is 0.396 e. The number of anilines is 1. The summed E-state index contributed by atoms with van der Waals surface area (Å²) in [6, 6.07) is 3.56. The van der Waals surface area contributed by atoms with Crippen molar-refractivity contribution in [2.24, 2.45) is 17.8 Å². The van der Waals surface area contributed by atoms with Gasteiger partial charge in [-0.05, 0) is 56.1 Å². The van der Waals surface area contributed by atoms with Crippen LogP contribution in [0.1, 0.15) is 42.5 Å². The van der Waals surface area contributed by atoms with Crippen LogP contribution in [-0.4, -0.2) is 41.7 Å². The predicted molar refractivity (Wildman–Crippen MR) is 93.4 cm³/mol. The van der Waals surface area contributed by atoms with Gasteiger partial charge in [0.05, 0.1) is 0 Å². The normalized spacial score (nSPS) is 31.7. The SMILES string of the molecule is O=C(NC1C2CCC(C2)C1CO)c1cc(Cl)nc(N2CCCC2)c1. The number of carbonyl (C=O) groups excluding carboxylic acids is 1. The third-order valence-corrected chi connectivity index (χ3v) is 6.26. The molecule has 4 unspecified atom stereocenters. The quantitative estimate of drug-likeness (QED) is 0.820. The van der Waals surface area contributed by atoms with Gasteiger partial charge in [-0.2, -0.15) is 0 Å². The molecule has 3 aliphatic rings. The van der Waals surface area contributed by atoms with Crippen LogP contribution in [-0.2, 0) is 0 Å². The molecule has 3 fully saturated rings. The summed E-state index contributed by atoms with van der Waals surface area (Å²) in [5.41, 5.74) is 0.566. The summed E-state index contributed by atoms with van der Waals surface area (Å²) in [4.78, 5) is 19.3. The molecule has 2 N–H and O–H groups in total. The van der Waals surface area contributed by atoms with Gasteiger partial charge in [0, 0.05) is 37.2 Å². The third-order valence-electron chi connectivity index (χ3n) is 6.07. The molecule has 0 spiro atoms. The summed E-state index contributed by atoms with van der Waals surface area (Å²) in [7, 11) is 0. The van der Waals surface area contributed by atoms with Gasteiger partial charge in [0.15, 0.2) is 0 Å². The monoisotopic (exact) mass is 349 g/mol. The molecule has 1 aromatic heterocycles. The fourth-order valence-electron chi connectivity index (χ4n) is 4.86. The topological polar surface area (TPSA) is 65.5 Å². The van der Waals surface area contributed by atoms with Crippen LogP contribution >= 0.6 is 11.6 Å². The summed E-state index contributed by atoms with van der Waals surface area (Å²) >= 11 is 6.15. The molecule has 1 aliphatic heterocycles. The zero-order chi connectivity index (χ0) is 16.7. The highest BCUT2D eigenvalue weighted by atomic mass is 35.5. The van der Waals surface area contributed by atoms with Crippen molar-refractivity contribution >= 4 is 23.3 Å². The fourth-order valence-corrected chi connectivity index (χ4v) is 5.06. The van der Waals surface area contributed by atoms with Crippen molar-refractivity contribution in [3.8, 4) is 0 Å². The van der Waals surface area contributed by atoms with Gasteiger partial charge < -0.3 is 15.3 Å². The summed E-state index contributed by atoms with van der Waals surface area (Å²) < 4.78 is 0. The minimum absolute atomic E-state index is 0.0865. The lowest BCUT2D eigenvalue weighted by Gasteiger charge is -2.30. The number of halogens is 1. The van der Waals surface area contributed by atoms with E-state index in [4.69, 9.17) is 11.6 Å². The third kappa shape index (κ3) is 2.88. The zero-order valence-corrected chi connectivity index (χ0v) is 14.5. The molecule has 1 amide bonds. The number of hydrogen-bond donors (Lipinski definition) is 2. The number of nitrogens with one attached hydrogen (secondary N) is 1. The minimum atomic E-state index is -0.101. The highest BCUT2D eigenvalue weighted by molar-refractivity contribution is 6.29. The molecule has 5 nitrogen and oxygen atoms in total. The molecule has 2 aliphatic carbocycles. The fraction of sp³-hybridized carbons (Fsp3) is 0.667. The number of aliphatic hydroxyl groups excluding tert-OH is 1. The van der Waals surface area contributed by atoms with Crippen LogP contribution in [0, 0.1) is 17.8 Å². The number of rotatable bonds is 4. The van der Waals surface area contributed by atoms with E-state index < -0.39 is 0 Å². The van der Waals surface area contributed by atoms with Crippen LogP contribution in [0.25, 0.3) is 0 Å². The molecule has 0 radical (unpaired) electrons. The Morgan fingerprint density at radius 3 is 2.79 bits per heavy atom.